The topological polar surface area (TPSA) is 35.0 Å². The van der Waals surface area contributed by atoms with Gasteiger partial charge in [-0.05, 0) is 68.4 Å². The van der Waals surface area contributed by atoms with Crippen LogP contribution in [0.25, 0.3) is 11.4 Å². The molecule has 184 valence electrons. The van der Waals surface area contributed by atoms with Gasteiger partial charge in [-0.15, -0.1) is 0 Å². The van der Waals surface area contributed by atoms with Crippen molar-refractivity contribution in [3.63, 3.8) is 0 Å². The average Bonchev–Trinajstić information content (AvgIpc) is 2.82. The second-order valence-corrected chi connectivity index (χ2v) is 9.01. The first kappa shape index (κ1) is 27.2. The summed E-state index contributed by atoms with van der Waals surface area (Å²) in [5.41, 5.74) is 2.12. The van der Waals surface area contributed by atoms with Gasteiger partial charge in [-0.1, -0.05) is 52.4 Å². The van der Waals surface area contributed by atoms with E-state index in [4.69, 9.17) is 4.74 Å². The van der Waals surface area contributed by atoms with Crippen molar-refractivity contribution in [3.8, 4) is 17.1 Å². The molecule has 0 bridgehead atoms. The van der Waals surface area contributed by atoms with Crippen molar-refractivity contribution in [2.45, 2.75) is 110 Å². The number of unbranched alkanes of at least 4 members (excludes halogenated alkanes) is 5. The summed E-state index contributed by atoms with van der Waals surface area (Å²) < 4.78 is 33.1. The molecule has 0 saturated heterocycles. The van der Waals surface area contributed by atoms with Crippen molar-refractivity contribution in [3.05, 3.63) is 42.2 Å². The van der Waals surface area contributed by atoms with Crippen LogP contribution in [-0.2, 0) is 6.42 Å². The second-order valence-electron chi connectivity index (χ2n) is 9.01. The Balaban J connectivity index is 1.66. The highest BCUT2D eigenvalue weighted by molar-refractivity contribution is 5.55. The second kappa shape index (κ2) is 16.6. The Morgan fingerprint density at radius 2 is 1.36 bits per heavy atom. The van der Waals surface area contributed by atoms with Gasteiger partial charge in [0.05, 0.1) is 6.61 Å². The number of aryl methyl sites for hydroxylation is 1. The zero-order valence-electron chi connectivity index (χ0n) is 20.6. The van der Waals surface area contributed by atoms with Crippen LogP contribution in [-0.4, -0.2) is 28.9 Å². The van der Waals surface area contributed by atoms with Gasteiger partial charge in [-0.3, -0.25) is 0 Å². The zero-order valence-corrected chi connectivity index (χ0v) is 20.6. The predicted molar refractivity (Wildman–Crippen MR) is 133 cm³/mol. The predicted octanol–water partition coefficient (Wildman–Crippen LogP) is 8.46. The molecule has 1 aromatic heterocycles. The molecule has 0 N–H and O–H groups in total. The molecule has 2 rings (SSSR count). The molecule has 0 saturated carbocycles. The van der Waals surface area contributed by atoms with Crippen LogP contribution in [0.3, 0.4) is 0 Å². The van der Waals surface area contributed by atoms with Crippen LogP contribution in [0.2, 0.25) is 0 Å². The largest absolute Gasteiger partial charge is 0.493 e. The molecule has 3 nitrogen and oxygen atoms in total. The molecule has 0 radical (unpaired) electrons. The van der Waals surface area contributed by atoms with Crippen molar-refractivity contribution >= 4 is 0 Å². The first-order valence-corrected chi connectivity index (χ1v) is 12.9. The highest BCUT2D eigenvalue weighted by Crippen LogP contribution is 2.21. The van der Waals surface area contributed by atoms with Crippen LogP contribution < -0.4 is 4.74 Å². The van der Waals surface area contributed by atoms with Gasteiger partial charge in [0, 0.05) is 24.4 Å². The minimum Gasteiger partial charge on any atom is -0.493 e. The number of hydrogen-bond donors (Lipinski definition) is 0. The molecule has 2 unspecified atom stereocenters. The van der Waals surface area contributed by atoms with Crippen LogP contribution in [0.5, 0.6) is 5.75 Å². The Kier molecular flexibility index (Phi) is 13.6. The number of hydrogen-bond acceptors (Lipinski definition) is 3. The molecule has 0 spiro atoms. The summed E-state index contributed by atoms with van der Waals surface area (Å²) >= 11 is 0. The molecule has 1 heterocycles. The van der Waals surface area contributed by atoms with Crippen molar-refractivity contribution < 1.29 is 13.5 Å². The molecule has 5 heteroatoms. The molecule has 0 amide bonds. The van der Waals surface area contributed by atoms with E-state index in [9.17, 15) is 8.78 Å². The Morgan fingerprint density at radius 1 is 0.727 bits per heavy atom. The van der Waals surface area contributed by atoms with E-state index in [1.165, 1.54) is 44.1 Å². The zero-order chi connectivity index (χ0) is 23.7. The third kappa shape index (κ3) is 11.6. The minimum atomic E-state index is -0.943. The standard InChI is InChI=1S/C28H42F2N2O/c1-3-5-6-7-8-9-12-23-21-31-28(32-22-23)24-15-17-27(18-16-24)33-20-19-26(30)14-10-13-25(29)11-4-2/h15-18,21-22,25-26H,3-14,19-20H2,1-2H3. The number of nitrogens with zero attached hydrogens (tertiary/aromatic N) is 2. The highest BCUT2D eigenvalue weighted by atomic mass is 19.1. The highest BCUT2D eigenvalue weighted by Gasteiger charge is 2.10. The fourth-order valence-corrected chi connectivity index (χ4v) is 3.91. The number of alkyl halides is 2. The van der Waals surface area contributed by atoms with Gasteiger partial charge >= 0.3 is 0 Å². The molecule has 2 aromatic rings. The van der Waals surface area contributed by atoms with E-state index in [-0.39, 0.29) is 0 Å². The molecular weight excluding hydrogens is 418 g/mol. The van der Waals surface area contributed by atoms with Gasteiger partial charge in [0.1, 0.15) is 18.1 Å². The molecule has 0 aliphatic rings. The van der Waals surface area contributed by atoms with Crippen LogP contribution in [0.1, 0.15) is 96.5 Å². The normalized spacial score (nSPS) is 13.1. The number of halogens is 2. The number of benzene rings is 1. The van der Waals surface area contributed by atoms with E-state index < -0.39 is 12.3 Å². The van der Waals surface area contributed by atoms with Gasteiger partial charge in [-0.25, -0.2) is 18.7 Å². The van der Waals surface area contributed by atoms with Crippen molar-refractivity contribution in [1.29, 1.82) is 0 Å². The van der Waals surface area contributed by atoms with Crippen LogP contribution in [0, 0.1) is 0 Å². The minimum absolute atomic E-state index is 0.318. The van der Waals surface area contributed by atoms with Crippen LogP contribution in [0.4, 0.5) is 8.78 Å². The Labute approximate surface area is 199 Å². The lowest BCUT2D eigenvalue weighted by Gasteiger charge is -2.11. The maximum absolute atomic E-state index is 14.0. The molecule has 0 aliphatic carbocycles. The quantitative estimate of drug-likeness (QED) is 0.209. The van der Waals surface area contributed by atoms with Crippen molar-refractivity contribution in [1.82, 2.24) is 9.97 Å². The molecule has 33 heavy (non-hydrogen) atoms. The fourth-order valence-electron chi connectivity index (χ4n) is 3.91. The lowest BCUT2D eigenvalue weighted by atomic mass is 10.1. The van der Waals surface area contributed by atoms with Crippen molar-refractivity contribution in [2.24, 2.45) is 0 Å². The average molecular weight is 461 g/mol. The lowest BCUT2D eigenvalue weighted by molar-refractivity contribution is 0.213. The van der Waals surface area contributed by atoms with E-state index in [0.29, 0.717) is 50.3 Å². The maximum atomic E-state index is 14.0. The molecule has 0 fully saturated rings. The Morgan fingerprint density at radius 3 is 2.03 bits per heavy atom. The van der Waals surface area contributed by atoms with Crippen LogP contribution >= 0.6 is 0 Å². The van der Waals surface area contributed by atoms with Gasteiger partial charge in [0.15, 0.2) is 5.82 Å². The number of ether oxygens (including phenoxy) is 1. The molecule has 2 atom stereocenters. The number of aromatic nitrogens is 2. The molecule has 1 aromatic carbocycles. The monoisotopic (exact) mass is 460 g/mol. The third-order valence-corrected chi connectivity index (χ3v) is 5.97. The summed E-state index contributed by atoms with van der Waals surface area (Å²) in [5.74, 6) is 1.41. The van der Waals surface area contributed by atoms with Gasteiger partial charge in [-0.2, -0.15) is 0 Å². The number of rotatable bonds is 18. The van der Waals surface area contributed by atoms with Gasteiger partial charge < -0.3 is 4.74 Å². The first-order chi connectivity index (χ1) is 16.1. The van der Waals surface area contributed by atoms with E-state index >= 15 is 0 Å². The summed E-state index contributed by atoms with van der Waals surface area (Å²) in [6.45, 7) is 4.52. The summed E-state index contributed by atoms with van der Waals surface area (Å²) in [7, 11) is 0. The van der Waals surface area contributed by atoms with E-state index in [1.54, 1.807) is 0 Å². The van der Waals surface area contributed by atoms with Crippen molar-refractivity contribution in [2.75, 3.05) is 6.61 Å². The first-order valence-electron chi connectivity index (χ1n) is 12.9. The smallest absolute Gasteiger partial charge is 0.159 e. The third-order valence-electron chi connectivity index (χ3n) is 5.97. The Hall–Kier alpha value is -2.04. The Bertz CT molecular complexity index is 737. The fraction of sp³-hybridized carbons (Fsp3) is 0.643. The van der Waals surface area contributed by atoms with E-state index in [2.05, 4.69) is 16.9 Å². The van der Waals surface area contributed by atoms with E-state index in [1.807, 2.05) is 43.6 Å². The maximum Gasteiger partial charge on any atom is 0.159 e. The van der Waals surface area contributed by atoms with Gasteiger partial charge in [0.25, 0.3) is 0 Å². The lowest BCUT2D eigenvalue weighted by Crippen LogP contribution is -2.09. The van der Waals surface area contributed by atoms with E-state index in [0.717, 1.165) is 18.4 Å². The van der Waals surface area contributed by atoms with Crippen LogP contribution in [0.15, 0.2) is 36.7 Å². The molecule has 0 aliphatic heterocycles. The summed E-state index contributed by atoms with van der Waals surface area (Å²) in [4.78, 5) is 9.03. The SMILES string of the molecule is CCCCCCCCc1cnc(-c2ccc(OCCC(F)CCCC(F)CCC)cc2)nc1. The summed E-state index contributed by atoms with van der Waals surface area (Å²) in [6.07, 6.45) is 14.0. The van der Waals surface area contributed by atoms with Gasteiger partial charge in [0.2, 0.25) is 0 Å². The molecular formula is C28H42F2N2O. The summed E-state index contributed by atoms with van der Waals surface area (Å²) in [6, 6.07) is 7.60. The summed E-state index contributed by atoms with van der Waals surface area (Å²) in [5, 5.41) is 0.